The maximum atomic E-state index is 12.7. The van der Waals surface area contributed by atoms with Crippen LogP contribution in [0.25, 0.3) is 0 Å². The highest BCUT2D eigenvalue weighted by atomic mass is 35.5. The SMILES string of the molecule is NCC1CCCCC1Nc1cc(C(F)(F)F)ccc1Cl. The Labute approximate surface area is 121 Å². The zero-order chi connectivity index (χ0) is 14.8. The fourth-order valence-corrected chi connectivity index (χ4v) is 2.86. The average Bonchev–Trinajstić information content (AvgIpc) is 2.40. The van der Waals surface area contributed by atoms with Gasteiger partial charge in [0.15, 0.2) is 0 Å². The first-order valence-electron chi connectivity index (χ1n) is 6.75. The van der Waals surface area contributed by atoms with E-state index in [1.807, 2.05) is 0 Å². The average molecular weight is 307 g/mol. The first kappa shape index (κ1) is 15.4. The van der Waals surface area contributed by atoms with Crippen molar-refractivity contribution in [3.63, 3.8) is 0 Å². The van der Waals surface area contributed by atoms with Crippen LogP contribution in [0.3, 0.4) is 0 Å². The monoisotopic (exact) mass is 306 g/mol. The summed E-state index contributed by atoms with van der Waals surface area (Å²) < 4.78 is 38.2. The molecule has 0 bridgehead atoms. The predicted octanol–water partition coefficient (Wildman–Crippen LogP) is 4.29. The number of hydrogen-bond acceptors (Lipinski definition) is 2. The van der Waals surface area contributed by atoms with E-state index in [1.165, 1.54) is 6.07 Å². The molecule has 3 N–H and O–H groups in total. The molecule has 1 aromatic rings. The van der Waals surface area contributed by atoms with Gasteiger partial charge in [-0.1, -0.05) is 24.4 Å². The van der Waals surface area contributed by atoms with Crippen molar-refractivity contribution in [3.05, 3.63) is 28.8 Å². The Bertz CT molecular complexity index is 462. The van der Waals surface area contributed by atoms with Crippen molar-refractivity contribution < 1.29 is 13.2 Å². The van der Waals surface area contributed by atoms with Gasteiger partial charge in [0, 0.05) is 6.04 Å². The van der Waals surface area contributed by atoms with Gasteiger partial charge in [-0.15, -0.1) is 0 Å². The van der Waals surface area contributed by atoms with Gasteiger partial charge in [-0.05, 0) is 43.5 Å². The Morgan fingerprint density at radius 3 is 2.60 bits per heavy atom. The molecule has 0 radical (unpaired) electrons. The molecule has 2 rings (SSSR count). The highest BCUT2D eigenvalue weighted by Gasteiger charge is 2.31. The lowest BCUT2D eigenvalue weighted by Crippen LogP contribution is -2.36. The largest absolute Gasteiger partial charge is 0.416 e. The molecule has 0 spiro atoms. The summed E-state index contributed by atoms with van der Waals surface area (Å²) in [5, 5.41) is 3.46. The molecule has 1 aliphatic rings. The molecule has 2 nitrogen and oxygen atoms in total. The minimum Gasteiger partial charge on any atom is -0.381 e. The number of rotatable bonds is 3. The Kier molecular flexibility index (Phi) is 4.81. The third-order valence-corrected chi connectivity index (χ3v) is 4.18. The Morgan fingerprint density at radius 2 is 1.95 bits per heavy atom. The second-order valence-electron chi connectivity index (χ2n) is 5.22. The smallest absolute Gasteiger partial charge is 0.381 e. The zero-order valence-electron chi connectivity index (χ0n) is 11.0. The van der Waals surface area contributed by atoms with E-state index in [-0.39, 0.29) is 12.0 Å². The summed E-state index contributed by atoms with van der Waals surface area (Å²) in [6, 6.07) is 3.45. The standard InChI is InChI=1S/C14H18ClF3N2/c15-11-6-5-10(14(16,17)18)7-13(11)20-12-4-2-1-3-9(12)8-19/h5-7,9,12,20H,1-4,8,19H2. The summed E-state index contributed by atoms with van der Waals surface area (Å²) in [6.07, 6.45) is -0.263. The maximum Gasteiger partial charge on any atom is 0.416 e. The molecule has 0 aliphatic heterocycles. The van der Waals surface area contributed by atoms with Gasteiger partial charge in [-0.25, -0.2) is 0 Å². The van der Waals surface area contributed by atoms with Gasteiger partial charge >= 0.3 is 6.18 Å². The fourth-order valence-electron chi connectivity index (χ4n) is 2.69. The Morgan fingerprint density at radius 1 is 1.25 bits per heavy atom. The van der Waals surface area contributed by atoms with Gasteiger partial charge in [-0.2, -0.15) is 13.2 Å². The van der Waals surface area contributed by atoms with Crippen LogP contribution in [-0.4, -0.2) is 12.6 Å². The van der Waals surface area contributed by atoms with Crippen LogP contribution in [0, 0.1) is 5.92 Å². The van der Waals surface area contributed by atoms with Gasteiger partial charge in [0.1, 0.15) is 0 Å². The van der Waals surface area contributed by atoms with Crippen molar-refractivity contribution >= 4 is 17.3 Å². The van der Waals surface area contributed by atoms with E-state index < -0.39 is 11.7 Å². The maximum absolute atomic E-state index is 12.7. The fraction of sp³-hybridized carbons (Fsp3) is 0.571. The van der Waals surface area contributed by atoms with E-state index in [2.05, 4.69) is 5.32 Å². The molecule has 2 atom stereocenters. The summed E-state index contributed by atoms with van der Waals surface area (Å²) in [5.41, 5.74) is 5.38. The second kappa shape index (κ2) is 6.22. The van der Waals surface area contributed by atoms with Crippen LogP contribution in [0.1, 0.15) is 31.2 Å². The Hall–Kier alpha value is -0.940. The van der Waals surface area contributed by atoms with Crippen LogP contribution in [0.5, 0.6) is 0 Å². The minimum atomic E-state index is -4.36. The minimum absolute atomic E-state index is 0.0923. The van der Waals surface area contributed by atoms with Gasteiger partial charge < -0.3 is 11.1 Å². The summed E-state index contributed by atoms with van der Waals surface area (Å²) >= 11 is 6.00. The molecule has 6 heteroatoms. The van der Waals surface area contributed by atoms with Crippen molar-refractivity contribution in [2.75, 3.05) is 11.9 Å². The molecule has 20 heavy (non-hydrogen) atoms. The van der Waals surface area contributed by atoms with Crippen LogP contribution in [0.2, 0.25) is 5.02 Å². The molecule has 0 aromatic heterocycles. The number of benzene rings is 1. The van der Waals surface area contributed by atoms with E-state index in [0.717, 1.165) is 37.8 Å². The molecular weight excluding hydrogens is 289 g/mol. The van der Waals surface area contributed by atoms with Gasteiger partial charge in [0.25, 0.3) is 0 Å². The van der Waals surface area contributed by atoms with Gasteiger partial charge in [0.2, 0.25) is 0 Å². The Balaban J connectivity index is 2.19. The third kappa shape index (κ3) is 3.58. The quantitative estimate of drug-likeness (QED) is 0.874. The van der Waals surface area contributed by atoms with Crippen molar-refractivity contribution in [3.8, 4) is 0 Å². The lowest BCUT2D eigenvalue weighted by Gasteiger charge is -2.32. The molecule has 1 aliphatic carbocycles. The topological polar surface area (TPSA) is 38.0 Å². The second-order valence-corrected chi connectivity index (χ2v) is 5.63. The molecule has 112 valence electrons. The number of alkyl halides is 3. The van der Waals surface area contributed by atoms with Crippen molar-refractivity contribution in [2.45, 2.75) is 37.9 Å². The van der Waals surface area contributed by atoms with Gasteiger partial charge in [-0.3, -0.25) is 0 Å². The van der Waals surface area contributed by atoms with Crippen molar-refractivity contribution in [2.24, 2.45) is 11.7 Å². The van der Waals surface area contributed by atoms with E-state index in [4.69, 9.17) is 17.3 Å². The highest BCUT2D eigenvalue weighted by molar-refractivity contribution is 6.33. The molecule has 0 saturated heterocycles. The van der Waals surface area contributed by atoms with Crippen LogP contribution in [0.15, 0.2) is 18.2 Å². The molecule has 2 unspecified atom stereocenters. The number of hydrogen-bond donors (Lipinski definition) is 2. The van der Waals surface area contributed by atoms with E-state index in [0.29, 0.717) is 17.3 Å². The van der Waals surface area contributed by atoms with Crippen LogP contribution in [0.4, 0.5) is 18.9 Å². The van der Waals surface area contributed by atoms with Crippen molar-refractivity contribution in [1.82, 2.24) is 0 Å². The zero-order valence-corrected chi connectivity index (χ0v) is 11.8. The number of anilines is 1. The lowest BCUT2D eigenvalue weighted by molar-refractivity contribution is -0.137. The van der Waals surface area contributed by atoms with E-state index in [9.17, 15) is 13.2 Å². The number of nitrogens with two attached hydrogens (primary N) is 1. The predicted molar refractivity (Wildman–Crippen MR) is 74.9 cm³/mol. The van der Waals surface area contributed by atoms with Crippen LogP contribution in [-0.2, 0) is 6.18 Å². The molecule has 1 fully saturated rings. The summed E-state index contributed by atoms with van der Waals surface area (Å²) in [7, 11) is 0. The normalized spacial score (nSPS) is 23.6. The molecular formula is C14H18ClF3N2. The first-order chi connectivity index (χ1) is 9.41. The highest BCUT2D eigenvalue weighted by Crippen LogP contribution is 2.35. The summed E-state index contributed by atoms with van der Waals surface area (Å²) in [4.78, 5) is 0. The van der Waals surface area contributed by atoms with E-state index in [1.54, 1.807) is 0 Å². The van der Waals surface area contributed by atoms with E-state index >= 15 is 0 Å². The molecule has 1 aromatic carbocycles. The molecule has 1 saturated carbocycles. The molecule has 0 heterocycles. The lowest BCUT2D eigenvalue weighted by atomic mass is 9.84. The van der Waals surface area contributed by atoms with Gasteiger partial charge in [0.05, 0.1) is 16.3 Å². The number of nitrogens with one attached hydrogen (secondary N) is 1. The summed E-state index contributed by atoms with van der Waals surface area (Å²) in [5.74, 6) is 0.286. The third-order valence-electron chi connectivity index (χ3n) is 3.85. The van der Waals surface area contributed by atoms with Crippen LogP contribution >= 0.6 is 11.6 Å². The van der Waals surface area contributed by atoms with Crippen LogP contribution < -0.4 is 11.1 Å². The first-order valence-corrected chi connectivity index (χ1v) is 7.13. The van der Waals surface area contributed by atoms with Crippen molar-refractivity contribution in [1.29, 1.82) is 0 Å². The number of halogens is 4. The molecule has 0 amide bonds. The summed E-state index contributed by atoms with van der Waals surface area (Å²) in [6.45, 7) is 0.536.